The van der Waals surface area contributed by atoms with Crippen molar-refractivity contribution in [2.45, 2.75) is 46.0 Å². The SMILES string of the molecule is CC.CCC1(C)CCNc2ccccc21. The molecule has 1 aromatic carbocycles. The maximum atomic E-state index is 3.45. The average molecular weight is 205 g/mol. The zero-order chi connectivity index (χ0) is 11.3. The number of anilines is 1. The van der Waals surface area contributed by atoms with Crippen LogP contribution in [0.5, 0.6) is 0 Å². The quantitative estimate of drug-likeness (QED) is 0.724. The highest BCUT2D eigenvalue weighted by Gasteiger charge is 2.29. The summed E-state index contributed by atoms with van der Waals surface area (Å²) in [5.74, 6) is 0. The number of benzene rings is 1. The molecule has 0 aliphatic carbocycles. The van der Waals surface area contributed by atoms with Crippen LogP contribution < -0.4 is 5.32 Å². The predicted octanol–water partition coefficient (Wildman–Crippen LogP) is 4.20. The first-order chi connectivity index (χ1) is 7.26. The molecular weight excluding hydrogens is 182 g/mol. The van der Waals surface area contributed by atoms with Gasteiger partial charge in [0.25, 0.3) is 0 Å². The van der Waals surface area contributed by atoms with Gasteiger partial charge in [-0.25, -0.2) is 0 Å². The lowest BCUT2D eigenvalue weighted by Crippen LogP contribution is -2.30. The molecule has 1 nitrogen and oxygen atoms in total. The number of para-hydroxylation sites is 1. The summed E-state index contributed by atoms with van der Waals surface area (Å²) in [4.78, 5) is 0. The molecule has 0 aromatic heterocycles. The second kappa shape index (κ2) is 5.20. The Hall–Kier alpha value is -0.980. The van der Waals surface area contributed by atoms with Gasteiger partial charge in [0.15, 0.2) is 0 Å². The molecule has 1 N–H and O–H groups in total. The minimum atomic E-state index is 0.391. The average Bonchev–Trinajstić information content (AvgIpc) is 2.32. The lowest BCUT2D eigenvalue weighted by molar-refractivity contribution is 0.420. The molecule has 0 bridgehead atoms. The molecule has 1 aliphatic rings. The number of fused-ring (bicyclic) bond motifs is 1. The highest BCUT2D eigenvalue weighted by molar-refractivity contribution is 5.56. The van der Waals surface area contributed by atoms with Crippen molar-refractivity contribution in [3.05, 3.63) is 29.8 Å². The Balaban J connectivity index is 0.000000531. The summed E-state index contributed by atoms with van der Waals surface area (Å²) in [5, 5.41) is 3.45. The first kappa shape index (κ1) is 12.1. The first-order valence-corrected chi connectivity index (χ1v) is 6.10. The number of rotatable bonds is 1. The molecule has 2 rings (SSSR count). The Kier molecular flexibility index (Phi) is 4.19. The topological polar surface area (TPSA) is 12.0 Å². The van der Waals surface area contributed by atoms with Crippen molar-refractivity contribution in [1.29, 1.82) is 0 Å². The van der Waals surface area contributed by atoms with Crippen LogP contribution in [-0.2, 0) is 5.41 Å². The highest BCUT2D eigenvalue weighted by Crippen LogP contribution is 2.38. The summed E-state index contributed by atoms with van der Waals surface area (Å²) in [6, 6.07) is 8.68. The molecule has 0 fully saturated rings. The van der Waals surface area contributed by atoms with Gasteiger partial charge in [0.2, 0.25) is 0 Å². The molecule has 0 spiro atoms. The molecule has 1 unspecified atom stereocenters. The zero-order valence-electron chi connectivity index (χ0n) is 10.4. The van der Waals surface area contributed by atoms with Gasteiger partial charge in [0, 0.05) is 12.2 Å². The van der Waals surface area contributed by atoms with Gasteiger partial charge in [0.05, 0.1) is 0 Å². The standard InChI is InChI=1S/C12H17N.C2H6/c1-3-12(2)8-9-13-11-7-5-4-6-10(11)12;1-2/h4-7,13H,3,8-9H2,1-2H3;1-2H3. The maximum Gasteiger partial charge on any atom is 0.0378 e. The second-order valence-electron chi connectivity index (χ2n) is 4.14. The molecule has 15 heavy (non-hydrogen) atoms. The summed E-state index contributed by atoms with van der Waals surface area (Å²) < 4.78 is 0. The third-order valence-corrected chi connectivity index (χ3v) is 3.35. The van der Waals surface area contributed by atoms with Gasteiger partial charge in [-0.15, -0.1) is 0 Å². The molecule has 0 saturated heterocycles. The molecule has 1 heteroatoms. The van der Waals surface area contributed by atoms with Crippen LogP contribution in [0.25, 0.3) is 0 Å². The molecule has 1 aliphatic heterocycles. The van der Waals surface area contributed by atoms with E-state index in [0.29, 0.717) is 5.41 Å². The van der Waals surface area contributed by atoms with E-state index in [-0.39, 0.29) is 0 Å². The fraction of sp³-hybridized carbons (Fsp3) is 0.571. The predicted molar refractivity (Wildman–Crippen MR) is 68.5 cm³/mol. The molecule has 1 heterocycles. The van der Waals surface area contributed by atoms with Gasteiger partial charge in [-0.3, -0.25) is 0 Å². The molecule has 84 valence electrons. The van der Waals surface area contributed by atoms with Crippen LogP contribution in [0.3, 0.4) is 0 Å². The minimum absolute atomic E-state index is 0.391. The van der Waals surface area contributed by atoms with Crippen molar-refractivity contribution in [2.75, 3.05) is 11.9 Å². The van der Waals surface area contributed by atoms with E-state index in [0.717, 1.165) is 6.54 Å². The van der Waals surface area contributed by atoms with Crippen LogP contribution in [0.1, 0.15) is 46.1 Å². The van der Waals surface area contributed by atoms with Crippen LogP contribution in [0.4, 0.5) is 5.69 Å². The molecule has 1 atom stereocenters. The van der Waals surface area contributed by atoms with Crippen molar-refractivity contribution in [1.82, 2.24) is 0 Å². The first-order valence-electron chi connectivity index (χ1n) is 6.10. The monoisotopic (exact) mass is 205 g/mol. The Morgan fingerprint density at radius 3 is 2.60 bits per heavy atom. The Labute approximate surface area is 93.9 Å². The van der Waals surface area contributed by atoms with E-state index in [2.05, 4.69) is 43.4 Å². The fourth-order valence-corrected chi connectivity index (χ4v) is 2.14. The lowest BCUT2D eigenvalue weighted by atomic mass is 9.74. The van der Waals surface area contributed by atoms with Crippen molar-refractivity contribution in [3.8, 4) is 0 Å². The van der Waals surface area contributed by atoms with E-state index >= 15 is 0 Å². The van der Waals surface area contributed by atoms with Gasteiger partial charge < -0.3 is 5.32 Å². The minimum Gasteiger partial charge on any atom is -0.385 e. The van der Waals surface area contributed by atoms with E-state index in [1.165, 1.54) is 24.1 Å². The molecule has 0 radical (unpaired) electrons. The fourth-order valence-electron chi connectivity index (χ4n) is 2.14. The van der Waals surface area contributed by atoms with Gasteiger partial charge in [-0.2, -0.15) is 0 Å². The number of nitrogens with one attached hydrogen (secondary N) is 1. The van der Waals surface area contributed by atoms with E-state index in [1.807, 2.05) is 13.8 Å². The summed E-state index contributed by atoms with van der Waals surface area (Å²) in [7, 11) is 0. The van der Waals surface area contributed by atoms with Crippen LogP contribution in [0, 0.1) is 0 Å². The molecule has 0 amide bonds. The van der Waals surface area contributed by atoms with Gasteiger partial charge in [-0.05, 0) is 29.9 Å². The normalized spacial score (nSPS) is 23.2. The van der Waals surface area contributed by atoms with Crippen molar-refractivity contribution < 1.29 is 0 Å². The zero-order valence-corrected chi connectivity index (χ0v) is 10.4. The third kappa shape index (κ3) is 2.34. The van der Waals surface area contributed by atoms with Crippen molar-refractivity contribution in [2.24, 2.45) is 0 Å². The van der Waals surface area contributed by atoms with Crippen LogP contribution in [0.15, 0.2) is 24.3 Å². The van der Waals surface area contributed by atoms with E-state index in [4.69, 9.17) is 0 Å². The summed E-state index contributed by atoms with van der Waals surface area (Å²) in [6.07, 6.45) is 2.48. The Morgan fingerprint density at radius 2 is 1.93 bits per heavy atom. The molecule has 0 saturated carbocycles. The van der Waals surface area contributed by atoms with Crippen LogP contribution in [0.2, 0.25) is 0 Å². The molecule has 1 aromatic rings. The number of hydrogen-bond acceptors (Lipinski definition) is 1. The van der Waals surface area contributed by atoms with Crippen molar-refractivity contribution >= 4 is 5.69 Å². The Morgan fingerprint density at radius 1 is 1.27 bits per heavy atom. The maximum absolute atomic E-state index is 3.45. The van der Waals surface area contributed by atoms with Gasteiger partial charge >= 0.3 is 0 Å². The van der Waals surface area contributed by atoms with Crippen LogP contribution >= 0.6 is 0 Å². The van der Waals surface area contributed by atoms with Crippen molar-refractivity contribution in [3.63, 3.8) is 0 Å². The summed E-state index contributed by atoms with van der Waals surface area (Å²) in [6.45, 7) is 9.76. The van der Waals surface area contributed by atoms with Gasteiger partial charge in [-0.1, -0.05) is 45.9 Å². The summed E-state index contributed by atoms with van der Waals surface area (Å²) >= 11 is 0. The van der Waals surface area contributed by atoms with Crippen LogP contribution in [-0.4, -0.2) is 6.54 Å². The number of hydrogen-bond donors (Lipinski definition) is 1. The summed E-state index contributed by atoms with van der Waals surface area (Å²) in [5.41, 5.74) is 3.21. The third-order valence-electron chi connectivity index (χ3n) is 3.35. The largest absolute Gasteiger partial charge is 0.385 e. The Bertz CT molecular complexity index is 306. The van der Waals surface area contributed by atoms with E-state index in [9.17, 15) is 0 Å². The van der Waals surface area contributed by atoms with Gasteiger partial charge in [0.1, 0.15) is 0 Å². The lowest BCUT2D eigenvalue weighted by Gasteiger charge is -2.35. The second-order valence-corrected chi connectivity index (χ2v) is 4.14. The van der Waals surface area contributed by atoms with E-state index in [1.54, 1.807) is 0 Å². The van der Waals surface area contributed by atoms with E-state index < -0.39 is 0 Å². The highest BCUT2D eigenvalue weighted by atomic mass is 14.9. The smallest absolute Gasteiger partial charge is 0.0378 e. The molecular formula is C14H23N.